The standard InChI is InChI=1S/C21H39NO5/c1-4-6-8-10-12-19(24)16-22(14-15-23,18(3)21(26)27)17-20(25)13-11-9-7-5-2/h12-13,18,23H,4-11,14-17H2,1-3H3,(H2-,24,25,26,27)/p+1/b19-12-,20-13-. The van der Waals surface area contributed by atoms with Gasteiger partial charge in [0.05, 0.1) is 6.61 Å². The van der Waals surface area contributed by atoms with E-state index in [2.05, 4.69) is 13.8 Å². The van der Waals surface area contributed by atoms with Crippen molar-refractivity contribution in [3.8, 4) is 0 Å². The zero-order valence-corrected chi connectivity index (χ0v) is 17.4. The summed E-state index contributed by atoms with van der Waals surface area (Å²) in [5.74, 6) is -0.779. The van der Waals surface area contributed by atoms with Crippen LogP contribution < -0.4 is 0 Å². The summed E-state index contributed by atoms with van der Waals surface area (Å²) in [6.07, 6.45) is 11.2. The van der Waals surface area contributed by atoms with Crippen LogP contribution in [0, 0.1) is 0 Å². The number of carbonyl (C=O) groups is 1. The largest absolute Gasteiger partial charge is 0.507 e. The van der Waals surface area contributed by atoms with E-state index < -0.39 is 12.0 Å². The number of carboxylic acids is 1. The normalized spacial score (nSPS) is 16.1. The van der Waals surface area contributed by atoms with Crippen molar-refractivity contribution in [1.29, 1.82) is 0 Å². The first-order chi connectivity index (χ1) is 12.8. The van der Waals surface area contributed by atoms with Crippen LogP contribution in [-0.4, -0.2) is 63.2 Å². The predicted molar refractivity (Wildman–Crippen MR) is 109 cm³/mol. The number of carboxylic acid groups (broad SMARTS) is 1. The fourth-order valence-corrected chi connectivity index (χ4v) is 3.22. The number of quaternary nitrogens is 1. The Morgan fingerprint density at radius 2 is 1.33 bits per heavy atom. The van der Waals surface area contributed by atoms with Crippen LogP contribution in [0.2, 0.25) is 0 Å². The summed E-state index contributed by atoms with van der Waals surface area (Å²) in [5.41, 5.74) is 0. The Balaban J connectivity index is 5.36. The highest BCUT2D eigenvalue weighted by Crippen LogP contribution is 2.20. The molecule has 0 aliphatic rings. The van der Waals surface area contributed by atoms with Crippen molar-refractivity contribution in [2.75, 3.05) is 26.2 Å². The Labute approximate surface area is 164 Å². The second-order valence-corrected chi connectivity index (χ2v) is 7.38. The van der Waals surface area contributed by atoms with Gasteiger partial charge in [0, 0.05) is 0 Å². The van der Waals surface area contributed by atoms with Gasteiger partial charge >= 0.3 is 5.97 Å². The van der Waals surface area contributed by atoms with Gasteiger partial charge in [0.15, 0.2) is 6.04 Å². The van der Waals surface area contributed by atoms with Gasteiger partial charge in [-0.15, -0.1) is 0 Å². The fourth-order valence-electron chi connectivity index (χ4n) is 3.22. The average molecular weight is 387 g/mol. The summed E-state index contributed by atoms with van der Waals surface area (Å²) in [4.78, 5) is 11.7. The molecule has 6 heteroatoms. The number of nitrogens with zero attached hydrogens (tertiary/aromatic N) is 1. The maximum Gasteiger partial charge on any atom is 0.362 e. The Bertz CT molecular complexity index is 445. The Morgan fingerprint density at radius 1 is 0.889 bits per heavy atom. The quantitative estimate of drug-likeness (QED) is 0.180. The molecule has 0 aromatic carbocycles. The van der Waals surface area contributed by atoms with Crippen LogP contribution in [-0.2, 0) is 4.79 Å². The third kappa shape index (κ3) is 10.4. The van der Waals surface area contributed by atoms with E-state index in [-0.39, 0.29) is 42.2 Å². The molecule has 0 amide bonds. The molecule has 4 N–H and O–H groups in total. The summed E-state index contributed by atoms with van der Waals surface area (Å²) in [7, 11) is 0. The molecule has 0 heterocycles. The lowest BCUT2D eigenvalue weighted by atomic mass is 10.1. The molecule has 0 aliphatic heterocycles. The average Bonchev–Trinajstić information content (AvgIpc) is 2.61. The van der Waals surface area contributed by atoms with E-state index in [1.54, 1.807) is 19.1 Å². The molecule has 0 spiro atoms. The molecule has 0 fully saturated rings. The Hall–Kier alpha value is -1.53. The maximum atomic E-state index is 11.7. The molecular weight excluding hydrogens is 346 g/mol. The van der Waals surface area contributed by atoms with E-state index in [0.29, 0.717) is 0 Å². The van der Waals surface area contributed by atoms with Crippen LogP contribution in [0.15, 0.2) is 23.7 Å². The highest BCUT2D eigenvalue weighted by molar-refractivity contribution is 5.71. The number of aliphatic hydroxyl groups is 3. The lowest BCUT2D eigenvalue weighted by Gasteiger charge is -2.40. The number of hydrogen-bond acceptors (Lipinski definition) is 4. The number of unbranched alkanes of at least 4 members (excludes halogenated alkanes) is 6. The summed E-state index contributed by atoms with van der Waals surface area (Å²) < 4.78 is -0.113. The van der Waals surface area contributed by atoms with Crippen LogP contribution in [0.3, 0.4) is 0 Å². The molecule has 0 aliphatic carbocycles. The van der Waals surface area contributed by atoms with Crippen LogP contribution in [0.25, 0.3) is 0 Å². The number of hydrogen-bond donors (Lipinski definition) is 4. The topological polar surface area (TPSA) is 98.0 Å². The van der Waals surface area contributed by atoms with Crippen molar-refractivity contribution >= 4 is 5.97 Å². The van der Waals surface area contributed by atoms with Crippen LogP contribution in [0.4, 0.5) is 0 Å². The number of rotatable bonds is 16. The molecule has 0 radical (unpaired) electrons. The molecule has 1 atom stereocenters. The Kier molecular flexibility index (Phi) is 13.7. The highest BCUT2D eigenvalue weighted by Gasteiger charge is 2.40. The first-order valence-corrected chi connectivity index (χ1v) is 10.3. The molecule has 158 valence electrons. The minimum absolute atomic E-state index is 0.0764. The second kappa shape index (κ2) is 14.5. The van der Waals surface area contributed by atoms with Crippen LogP contribution >= 0.6 is 0 Å². The SMILES string of the molecule is CCCCC/C=C(\O)C[N+](CCO)(C/C(O)=C/CCCCC)C(C)C(=O)O. The molecule has 1 unspecified atom stereocenters. The summed E-state index contributed by atoms with van der Waals surface area (Å²) in [6, 6.07) is -0.866. The van der Waals surface area contributed by atoms with Gasteiger partial charge in [-0.3, -0.25) is 4.48 Å². The molecule has 0 aromatic heterocycles. The Morgan fingerprint density at radius 3 is 1.67 bits per heavy atom. The first kappa shape index (κ1) is 25.5. The van der Waals surface area contributed by atoms with Gasteiger partial charge < -0.3 is 20.4 Å². The third-order valence-electron chi connectivity index (χ3n) is 5.05. The minimum Gasteiger partial charge on any atom is -0.507 e. The summed E-state index contributed by atoms with van der Waals surface area (Å²) >= 11 is 0. The van der Waals surface area contributed by atoms with Gasteiger partial charge in [0.25, 0.3) is 0 Å². The third-order valence-corrected chi connectivity index (χ3v) is 5.05. The van der Waals surface area contributed by atoms with E-state index >= 15 is 0 Å². The van der Waals surface area contributed by atoms with Gasteiger partial charge in [0.2, 0.25) is 0 Å². The van der Waals surface area contributed by atoms with Crippen molar-refractivity contribution in [3.05, 3.63) is 23.7 Å². The molecule has 0 saturated heterocycles. The van der Waals surface area contributed by atoms with E-state index in [0.717, 1.165) is 51.4 Å². The van der Waals surface area contributed by atoms with Crippen LogP contribution in [0.1, 0.15) is 72.1 Å². The molecule has 0 aromatic rings. The molecule has 0 rings (SSSR count). The highest BCUT2D eigenvalue weighted by atomic mass is 16.4. The molecular formula is C21H40NO5+. The molecule has 0 bridgehead atoms. The number of allylic oxidation sites excluding steroid dienone is 2. The zero-order valence-electron chi connectivity index (χ0n) is 17.4. The molecule has 6 nitrogen and oxygen atoms in total. The second-order valence-electron chi connectivity index (χ2n) is 7.38. The van der Waals surface area contributed by atoms with Crippen LogP contribution in [0.5, 0.6) is 0 Å². The van der Waals surface area contributed by atoms with Gasteiger partial charge in [-0.1, -0.05) is 39.5 Å². The van der Waals surface area contributed by atoms with Gasteiger partial charge in [-0.05, 0) is 44.8 Å². The first-order valence-electron chi connectivity index (χ1n) is 10.3. The summed E-state index contributed by atoms with van der Waals surface area (Å²) in [5, 5.41) is 39.8. The summed E-state index contributed by atoms with van der Waals surface area (Å²) in [6.45, 7) is 5.86. The van der Waals surface area contributed by atoms with Gasteiger partial charge in [-0.2, -0.15) is 0 Å². The number of aliphatic carboxylic acids is 1. The lowest BCUT2D eigenvalue weighted by Crippen LogP contribution is -2.60. The van der Waals surface area contributed by atoms with Crippen molar-refractivity contribution < 1.29 is 29.7 Å². The maximum absolute atomic E-state index is 11.7. The van der Waals surface area contributed by atoms with E-state index in [1.165, 1.54) is 0 Å². The molecule has 27 heavy (non-hydrogen) atoms. The van der Waals surface area contributed by atoms with Gasteiger partial charge in [-0.25, -0.2) is 4.79 Å². The van der Waals surface area contributed by atoms with E-state index in [4.69, 9.17) is 0 Å². The monoisotopic (exact) mass is 386 g/mol. The number of aliphatic hydroxyl groups excluding tert-OH is 3. The minimum atomic E-state index is -1.01. The predicted octanol–water partition coefficient (Wildman–Crippen LogP) is 4.31. The smallest absolute Gasteiger partial charge is 0.362 e. The molecule has 0 saturated carbocycles. The zero-order chi connectivity index (χ0) is 20.7. The van der Waals surface area contributed by atoms with Gasteiger partial charge in [0.1, 0.15) is 31.2 Å². The van der Waals surface area contributed by atoms with Crippen molar-refractivity contribution in [2.24, 2.45) is 0 Å². The fraction of sp³-hybridized carbons (Fsp3) is 0.762. The van der Waals surface area contributed by atoms with E-state index in [9.17, 15) is 25.2 Å². The van der Waals surface area contributed by atoms with Crippen molar-refractivity contribution in [1.82, 2.24) is 0 Å². The van der Waals surface area contributed by atoms with Crippen molar-refractivity contribution in [2.45, 2.75) is 78.2 Å². The van der Waals surface area contributed by atoms with Crippen molar-refractivity contribution in [3.63, 3.8) is 0 Å². The van der Waals surface area contributed by atoms with E-state index in [1.807, 2.05) is 0 Å². The lowest BCUT2D eigenvalue weighted by molar-refractivity contribution is -0.935.